The number of fused-ring (bicyclic) bond motifs is 1. The Morgan fingerprint density at radius 1 is 1.05 bits per heavy atom. The predicted molar refractivity (Wildman–Crippen MR) is 82.3 cm³/mol. The lowest BCUT2D eigenvalue weighted by Gasteiger charge is -2.40. The normalized spacial score (nSPS) is 35.0. The molecule has 1 N–H and O–H groups in total. The summed E-state index contributed by atoms with van der Waals surface area (Å²) < 4.78 is 12.3. The Hall–Kier alpha value is -0.735. The van der Waals surface area contributed by atoms with Crippen LogP contribution in [-0.4, -0.2) is 23.9 Å². The highest BCUT2D eigenvalue weighted by molar-refractivity contribution is 6.55. The number of allylic oxidation sites excluding steroid dienone is 2. The van der Waals surface area contributed by atoms with E-state index in [0.717, 1.165) is 5.47 Å². The largest absolute Gasteiger partial charge is 0.496 e. The molecule has 3 nitrogen and oxygen atoms in total. The second-order valence-electron chi connectivity index (χ2n) is 7.59. The summed E-state index contributed by atoms with van der Waals surface area (Å²) in [6, 6.07) is 0. The molecule has 1 unspecified atom stereocenters. The summed E-state index contributed by atoms with van der Waals surface area (Å²) in [6.45, 7) is 10.7. The van der Waals surface area contributed by atoms with Crippen LogP contribution in [0.25, 0.3) is 0 Å². The van der Waals surface area contributed by atoms with E-state index in [4.69, 9.17) is 9.31 Å². The van der Waals surface area contributed by atoms with Crippen LogP contribution in [0.3, 0.4) is 0 Å². The van der Waals surface area contributed by atoms with E-state index in [2.05, 4.69) is 52.2 Å². The van der Waals surface area contributed by atoms with E-state index in [9.17, 15) is 0 Å². The molecule has 2 fully saturated rings. The molecule has 1 saturated heterocycles. The Morgan fingerprint density at radius 3 is 2.35 bits per heavy atom. The van der Waals surface area contributed by atoms with Gasteiger partial charge in [0.2, 0.25) is 0 Å². The molecular formula is C16H26BNO2. The van der Waals surface area contributed by atoms with Crippen LogP contribution in [0, 0.1) is 0 Å². The number of hydrogen-bond acceptors (Lipinski definition) is 3. The van der Waals surface area contributed by atoms with Gasteiger partial charge in [-0.15, -0.1) is 0 Å². The summed E-state index contributed by atoms with van der Waals surface area (Å²) in [5.74, 6) is 0. The third-order valence-corrected chi connectivity index (χ3v) is 5.51. The van der Waals surface area contributed by atoms with E-state index in [1.165, 1.54) is 31.3 Å². The molecule has 0 aromatic rings. The topological polar surface area (TPSA) is 30.5 Å². The van der Waals surface area contributed by atoms with Crippen molar-refractivity contribution in [2.45, 2.75) is 77.0 Å². The van der Waals surface area contributed by atoms with Crippen LogP contribution in [0.5, 0.6) is 0 Å². The number of dihydropyridines is 1. The van der Waals surface area contributed by atoms with Gasteiger partial charge >= 0.3 is 7.12 Å². The first kappa shape index (κ1) is 14.2. The van der Waals surface area contributed by atoms with Gasteiger partial charge < -0.3 is 14.6 Å². The maximum atomic E-state index is 6.14. The SMILES string of the molecule is CC12CCCCC1=CC(B1OC(C)(C)C(C)(C)O1)=CN2. The van der Waals surface area contributed by atoms with E-state index in [-0.39, 0.29) is 23.9 Å². The first-order valence-electron chi connectivity index (χ1n) is 7.78. The minimum Gasteiger partial charge on any atom is -0.399 e. The summed E-state index contributed by atoms with van der Waals surface area (Å²) in [5.41, 5.74) is 2.22. The average Bonchev–Trinajstić information content (AvgIpc) is 2.57. The van der Waals surface area contributed by atoms with Gasteiger partial charge in [-0.25, -0.2) is 0 Å². The van der Waals surface area contributed by atoms with Crippen molar-refractivity contribution in [3.05, 3.63) is 23.3 Å². The van der Waals surface area contributed by atoms with E-state index in [1.807, 2.05) is 0 Å². The summed E-state index contributed by atoms with van der Waals surface area (Å²) in [7, 11) is -0.258. The van der Waals surface area contributed by atoms with Crippen molar-refractivity contribution in [2.75, 3.05) is 0 Å². The molecule has 110 valence electrons. The second kappa shape index (κ2) is 4.38. The number of nitrogens with one attached hydrogen (secondary N) is 1. The van der Waals surface area contributed by atoms with E-state index < -0.39 is 0 Å². The molecule has 0 aromatic heterocycles. The van der Waals surface area contributed by atoms with Crippen molar-refractivity contribution in [3.8, 4) is 0 Å². The Labute approximate surface area is 122 Å². The highest BCUT2D eigenvalue weighted by Gasteiger charge is 2.52. The van der Waals surface area contributed by atoms with Gasteiger partial charge in [-0.2, -0.15) is 0 Å². The first-order valence-corrected chi connectivity index (χ1v) is 7.78. The molecule has 0 spiro atoms. The van der Waals surface area contributed by atoms with Crippen molar-refractivity contribution in [1.82, 2.24) is 5.32 Å². The molecular weight excluding hydrogens is 249 g/mol. The highest BCUT2D eigenvalue weighted by atomic mass is 16.7. The van der Waals surface area contributed by atoms with E-state index in [1.54, 1.807) is 0 Å². The Balaban J connectivity index is 1.82. The fourth-order valence-corrected chi connectivity index (χ4v) is 3.23. The van der Waals surface area contributed by atoms with Gasteiger partial charge in [0.1, 0.15) is 0 Å². The lowest BCUT2D eigenvalue weighted by Crippen LogP contribution is -2.46. The Morgan fingerprint density at radius 2 is 1.70 bits per heavy atom. The molecule has 4 heteroatoms. The maximum absolute atomic E-state index is 6.14. The van der Waals surface area contributed by atoms with Crippen LogP contribution >= 0.6 is 0 Å². The summed E-state index contributed by atoms with van der Waals surface area (Å²) in [5, 5.41) is 3.59. The smallest absolute Gasteiger partial charge is 0.399 e. The Bertz CT molecular complexity index is 465. The monoisotopic (exact) mass is 275 g/mol. The molecule has 2 aliphatic heterocycles. The van der Waals surface area contributed by atoms with Gasteiger partial charge in [0.05, 0.1) is 16.7 Å². The molecule has 2 heterocycles. The van der Waals surface area contributed by atoms with Gasteiger partial charge in [0.25, 0.3) is 0 Å². The number of rotatable bonds is 1. The molecule has 20 heavy (non-hydrogen) atoms. The predicted octanol–water partition coefficient (Wildman–Crippen LogP) is 3.36. The molecule has 0 radical (unpaired) electrons. The van der Waals surface area contributed by atoms with Crippen molar-refractivity contribution >= 4 is 7.12 Å². The molecule has 1 saturated carbocycles. The molecule has 1 atom stereocenters. The molecule has 0 bridgehead atoms. The minimum absolute atomic E-state index is 0.144. The van der Waals surface area contributed by atoms with Gasteiger partial charge in [0.15, 0.2) is 0 Å². The fraction of sp³-hybridized carbons (Fsp3) is 0.750. The average molecular weight is 275 g/mol. The zero-order valence-electron chi connectivity index (χ0n) is 13.4. The summed E-state index contributed by atoms with van der Waals surface area (Å²) in [6.07, 6.45) is 9.39. The maximum Gasteiger partial charge on any atom is 0.496 e. The third kappa shape index (κ3) is 2.13. The second-order valence-corrected chi connectivity index (χ2v) is 7.59. The lowest BCUT2D eigenvalue weighted by atomic mass is 9.70. The van der Waals surface area contributed by atoms with Gasteiger partial charge in [-0.1, -0.05) is 12.5 Å². The molecule has 3 rings (SSSR count). The fourth-order valence-electron chi connectivity index (χ4n) is 3.23. The third-order valence-electron chi connectivity index (χ3n) is 5.51. The van der Waals surface area contributed by atoms with Crippen LogP contribution in [-0.2, 0) is 9.31 Å². The quantitative estimate of drug-likeness (QED) is 0.744. The molecule has 0 amide bonds. The van der Waals surface area contributed by atoms with Crippen molar-refractivity contribution in [1.29, 1.82) is 0 Å². The lowest BCUT2D eigenvalue weighted by molar-refractivity contribution is 0.00578. The number of hydrogen-bond donors (Lipinski definition) is 1. The first-order chi connectivity index (χ1) is 9.24. The van der Waals surface area contributed by atoms with Gasteiger partial charge in [-0.05, 0) is 71.1 Å². The zero-order valence-corrected chi connectivity index (χ0v) is 13.4. The molecule has 3 aliphatic rings. The Kier molecular flexibility index (Phi) is 3.11. The van der Waals surface area contributed by atoms with Crippen LogP contribution in [0.1, 0.15) is 60.3 Å². The van der Waals surface area contributed by atoms with Crippen LogP contribution in [0.4, 0.5) is 0 Å². The van der Waals surface area contributed by atoms with Gasteiger partial charge in [-0.3, -0.25) is 0 Å². The summed E-state index contributed by atoms with van der Waals surface area (Å²) >= 11 is 0. The molecule has 0 aromatic carbocycles. The summed E-state index contributed by atoms with van der Waals surface area (Å²) in [4.78, 5) is 0. The van der Waals surface area contributed by atoms with Crippen LogP contribution in [0.2, 0.25) is 0 Å². The minimum atomic E-state index is -0.273. The highest BCUT2D eigenvalue weighted by Crippen LogP contribution is 2.41. The molecule has 1 aliphatic carbocycles. The van der Waals surface area contributed by atoms with E-state index >= 15 is 0 Å². The standard InChI is InChI=1S/C16H26BNO2/c1-14(2)15(3,4)20-17(19-14)13-10-12-8-6-7-9-16(12,5)18-11-13/h10-11,18H,6-9H2,1-5H3. The van der Waals surface area contributed by atoms with Crippen molar-refractivity contribution in [3.63, 3.8) is 0 Å². The van der Waals surface area contributed by atoms with Crippen molar-refractivity contribution in [2.24, 2.45) is 0 Å². The van der Waals surface area contributed by atoms with Gasteiger partial charge in [0, 0.05) is 0 Å². The van der Waals surface area contributed by atoms with Crippen LogP contribution in [0.15, 0.2) is 23.3 Å². The zero-order chi connectivity index (χ0) is 14.6. The van der Waals surface area contributed by atoms with Crippen molar-refractivity contribution < 1.29 is 9.31 Å². The van der Waals surface area contributed by atoms with Crippen LogP contribution < -0.4 is 5.32 Å². The van der Waals surface area contributed by atoms with E-state index in [0.29, 0.717) is 0 Å².